The van der Waals surface area contributed by atoms with E-state index in [0.29, 0.717) is 11.4 Å². The molecule has 0 fully saturated rings. The van der Waals surface area contributed by atoms with Gasteiger partial charge in [0.25, 0.3) is 5.91 Å². The lowest BCUT2D eigenvalue weighted by Gasteiger charge is -2.32. The molecular weight excluding hydrogens is 441 g/mol. The van der Waals surface area contributed by atoms with E-state index >= 15 is 0 Å². The van der Waals surface area contributed by atoms with Crippen molar-refractivity contribution in [3.05, 3.63) is 58.5 Å². The van der Waals surface area contributed by atoms with E-state index in [0.717, 1.165) is 18.5 Å². The van der Waals surface area contributed by atoms with E-state index in [1.54, 1.807) is 13.2 Å². The van der Waals surface area contributed by atoms with Gasteiger partial charge in [-0.15, -0.1) is 10.2 Å². The smallest absolute Gasteiger partial charge is 0.273 e. The highest BCUT2D eigenvalue weighted by Crippen LogP contribution is 2.37. The molecule has 0 bridgehead atoms. The Bertz CT molecular complexity index is 1240. The summed E-state index contributed by atoms with van der Waals surface area (Å²) in [5, 5.41) is 23.2. The van der Waals surface area contributed by atoms with Gasteiger partial charge in [0.15, 0.2) is 11.5 Å². The van der Waals surface area contributed by atoms with Crippen LogP contribution in [-0.4, -0.2) is 51.8 Å². The van der Waals surface area contributed by atoms with Crippen molar-refractivity contribution in [1.82, 2.24) is 20.1 Å². The Kier molecular flexibility index (Phi) is 6.57. The van der Waals surface area contributed by atoms with Gasteiger partial charge in [-0.1, -0.05) is 12.1 Å². The van der Waals surface area contributed by atoms with Crippen LogP contribution in [0.3, 0.4) is 0 Å². The summed E-state index contributed by atoms with van der Waals surface area (Å²) in [6.07, 6.45) is 0.905. The first-order valence-corrected chi connectivity index (χ1v) is 10.7. The van der Waals surface area contributed by atoms with E-state index in [1.165, 1.54) is 17.7 Å². The molecule has 0 saturated heterocycles. The average Bonchev–Trinajstić information content (AvgIpc) is 2.82. The molecule has 1 unspecified atom stereocenters. The molecular formula is C23H26FN7O3. The number of aliphatic hydroxyl groups excluding tert-OH is 1. The Morgan fingerprint density at radius 1 is 1.32 bits per heavy atom. The zero-order valence-corrected chi connectivity index (χ0v) is 19.1. The molecule has 10 nitrogen and oxygen atoms in total. The third kappa shape index (κ3) is 4.47. The van der Waals surface area contributed by atoms with Crippen LogP contribution in [0, 0.1) is 5.82 Å². The van der Waals surface area contributed by atoms with Gasteiger partial charge < -0.3 is 26.2 Å². The Balaban J connectivity index is 1.73. The largest absolute Gasteiger partial charge is 0.495 e. The number of ether oxygens (including phenoxy) is 1. The molecule has 0 saturated carbocycles. The lowest BCUT2D eigenvalue weighted by molar-refractivity contribution is 0.0995. The van der Waals surface area contributed by atoms with E-state index < -0.39 is 18.3 Å². The summed E-state index contributed by atoms with van der Waals surface area (Å²) in [6, 6.07) is 8.40. The molecule has 34 heavy (non-hydrogen) atoms. The number of aliphatic hydroxyl groups is 1. The molecule has 1 aliphatic heterocycles. The number of rotatable bonds is 7. The van der Waals surface area contributed by atoms with E-state index in [9.17, 15) is 14.3 Å². The number of para-hydroxylation sites is 1. The van der Waals surface area contributed by atoms with Crippen molar-refractivity contribution in [3.63, 3.8) is 0 Å². The minimum absolute atomic E-state index is 0.0397. The number of carbonyl (C=O) groups is 1. The fourth-order valence-electron chi connectivity index (χ4n) is 3.95. The summed E-state index contributed by atoms with van der Waals surface area (Å²) in [7, 11) is 3.64. The standard InChI is InChI=1S/C23H26FN7O3/c1-12-15-10-17(18(34-3)9-13(15)7-8-31(12)2)26-23-28-22(20(21(25)33)29-30-23)27-19-14(11-32)5-4-6-16(19)24/h4-6,9-10,12,32H,7-8,11H2,1-3H3,(H2,25,33)(H2,26,27,28,30). The molecule has 0 radical (unpaired) electrons. The minimum Gasteiger partial charge on any atom is -0.495 e. The van der Waals surface area contributed by atoms with Crippen LogP contribution >= 0.6 is 0 Å². The number of likely N-dealkylation sites (N-methyl/N-ethyl adjacent to an activating group) is 1. The molecule has 0 aliphatic carbocycles. The van der Waals surface area contributed by atoms with Crippen LogP contribution in [0.1, 0.15) is 40.1 Å². The average molecular weight is 468 g/mol. The van der Waals surface area contributed by atoms with Gasteiger partial charge in [0.1, 0.15) is 11.6 Å². The molecule has 11 heteroatoms. The molecule has 3 aromatic rings. The fourth-order valence-corrected chi connectivity index (χ4v) is 3.95. The van der Waals surface area contributed by atoms with E-state index in [4.69, 9.17) is 10.5 Å². The van der Waals surface area contributed by atoms with Crippen LogP contribution in [-0.2, 0) is 13.0 Å². The second-order valence-electron chi connectivity index (χ2n) is 8.04. The predicted octanol–water partition coefficient (Wildman–Crippen LogP) is 2.65. The number of hydrogen-bond donors (Lipinski definition) is 4. The second-order valence-corrected chi connectivity index (χ2v) is 8.04. The SMILES string of the molecule is COc1cc2c(cc1Nc1nnc(C(N)=O)c(Nc3c(F)cccc3CO)n1)C(C)N(C)CC2. The summed E-state index contributed by atoms with van der Waals surface area (Å²) in [5.74, 6) is -0.979. The number of fused-ring (bicyclic) bond motifs is 1. The molecule has 0 spiro atoms. The number of carbonyl (C=O) groups excluding carboxylic acids is 1. The second kappa shape index (κ2) is 9.57. The van der Waals surface area contributed by atoms with Gasteiger partial charge in [0.2, 0.25) is 5.95 Å². The van der Waals surface area contributed by atoms with Gasteiger partial charge in [0.05, 0.1) is 25.1 Å². The Hall–Kier alpha value is -3.83. The van der Waals surface area contributed by atoms with Crippen molar-refractivity contribution < 1.29 is 19.0 Å². The molecule has 2 aromatic carbocycles. The van der Waals surface area contributed by atoms with Crippen molar-refractivity contribution in [2.45, 2.75) is 26.0 Å². The maximum Gasteiger partial charge on any atom is 0.273 e. The normalized spacial score (nSPS) is 15.5. The highest BCUT2D eigenvalue weighted by Gasteiger charge is 2.24. The number of nitrogens with one attached hydrogen (secondary N) is 2. The number of nitrogens with zero attached hydrogens (tertiary/aromatic N) is 4. The van der Waals surface area contributed by atoms with Gasteiger partial charge in [0, 0.05) is 18.2 Å². The summed E-state index contributed by atoms with van der Waals surface area (Å²) in [4.78, 5) is 18.5. The quantitative estimate of drug-likeness (QED) is 0.413. The first-order valence-electron chi connectivity index (χ1n) is 10.7. The predicted molar refractivity (Wildman–Crippen MR) is 125 cm³/mol. The monoisotopic (exact) mass is 467 g/mol. The molecule has 1 atom stereocenters. The van der Waals surface area contributed by atoms with Crippen LogP contribution in [0.4, 0.5) is 27.5 Å². The maximum atomic E-state index is 14.4. The first kappa shape index (κ1) is 23.3. The zero-order chi connectivity index (χ0) is 24.4. The van der Waals surface area contributed by atoms with Crippen LogP contribution in [0.25, 0.3) is 0 Å². The highest BCUT2D eigenvalue weighted by molar-refractivity contribution is 5.96. The summed E-state index contributed by atoms with van der Waals surface area (Å²) in [5.41, 5.74) is 8.35. The fraction of sp³-hybridized carbons (Fsp3) is 0.304. The van der Waals surface area contributed by atoms with E-state index in [-0.39, 0.29) is 34.8 Å². The number of benzene rings is 2. The van der Waals surface area contributed by atoms with E-state index in [2.05, 4.69) is 44.7 Å². The van der Waals surface area contributed by atoms with Crippen LogP contribution in [0.15, 0.2) is 30.3 Å². The number of nitrogens with two attached hydrogens (primary N) is 1. The lowest BCUT2D eigenvalue weighted by atomic mass is 9.93. The molecule has 2 heterocycles. The number of hydrogen-bond acceptors (Lipinski definition) is 9. The van der Waals surface area contributed by atoms with Crippen molar-refractivity contribution in [2.24, 2.45) is 5.73 Å². The number of methoxy groups -OCH3 is 1. The Morgan fingerprint density at radius 3 is 2.82 bits per heavy atom. The van der Waals surface area contributed by atoms with E-state index in [1.807, 2.05) is 12.1 Å². The number of aromatic nitrogens is 3. The van der Waals surface area contributed by atoms with Crippen molar-refractivity contribution in [3.8, 4) is 5.75 Å². The minimum atomic E-state index is -0.890. The van der Waals surface area contributed by atoms with Crippen LogP contribution in [0.5, 0.6) is 5.75 Å². The molecule has 1 amide bonds. The third-order valence-electron chi connectivity index (χ3n) is 5.99. The van der Waals surface area contributed by atoms with Crippen LogP contribution in [0.2, 0.25) is 0 Å². The number of anilines is 4. The van der Waals surface area contributed by atoms with Gasteiger partial charge in [-0.25, -0.2) is 4.39 Å². The molecule has 1 aromatic heterocycles. The van der Waals surface area contributed by atoms with Crippen LogP contribution < -0.4 is 21.1 Å². The third-order valence-corrected chi connectivity index (χ3v) is 5.99. The summed E-state index contributed by atoms with van der Waals surface area (Å²) in [6.45, 7) is 2.66. The van der Waals surface area contributed by atoms with Gasteiger partial charge in [-0.2, -0.15) is 4.98 Å². The van der Waals surface area contributed by atoms with Gasteiger partial charge in [-0.3, -0.25) is 9.69 Å². The number of primary amides is 1. The van der Waals surface area contributed by atoms with Crippen molar-refractivity contribution in [2.75, 3.05) is 31.3 Å². The molecule has 5 N–H and O–H groups in total. The Labute approximate surface area is 196 Å². The Morgan fingerprint density at radius 2 is 2.12 bits per heavy atom. The maximum absolute atomic E-state index is 14.4. The summed E-state index contributed by atoms with van der Waals surface area (Å²) >= 11 is 0. The highest BCUT2D eigenvalue weighted by atomic mass is 19.1. The molecule has 4 rings (SSSR count). The topological polar surface area (TPSA) is 139 Å². The van der Waals surface area contributed by atoms with Crippen molar-refractivity contribution in [1.29, 1.82) is 0 Å². The number of amides is 1. The molecule has 1 aliphatic rings. The first-order chi connectivity index (χ1) is 16.3. The molecule has 178 valence electrons. The number of halogens is 1. The lowest BCUT2D eigenvalue weighted by Crippen LogP contribution is -2.30. The van der Waals surface area contributed by atoms with Gasteiger partial charge >= 0.3 is 0 Å². The van der Waals surface area contributed by atoms with Gasteiger partial charge in [-0.05, 0) is 49.7 Å². The van der Waals surface area contributed by atoms with Crippen molar-refractivity contribution >= 4 is 29.0 Å². The summed E-state index contributed by atoms with van der Waals surface area (Å²) < 4.78 is 20.0. The zero-order valence-electron chi connectivity index (χ0n) is 19.1.